The molecule has 2 nitrogen and oxygen atoms in total. The van der Waals surface area contributed by atoms with Crippen LogP contribution in [0.5, 0.6) is 0 Å². The summed E-state index contributed by atoms with van der Waals surface area (Å²) < 4.78 is 10.7. The van der Waals surface area contributed by atoms with Crippen LogP contribution in [0.3, 0.4) is 0 Å². The number of hydrogen-bond acceptors (Lipinski definition) is 3. The summed E-state index contributed by atoms with van der Waals surface area (Å²) in [5.74, 6) is 0. The fraction of sp³-hybridized carbons (Fsp3) is 0.500. The van der Waals surface area contributed by atoms with Gasteiger partial charge in [0.1, 0.15) is 0 Å². The van der Waals surface area contributed by atoms with Crippen LogP contribution in [0.1, 0.15) is 25.0 Å². The van der Waals surface area contributed by atoms with Crippen molar-refractivity contribution in [1.82, 2.24) is 0 Å². The summed E-state index contributed by atoms with van der Waals surface area (Å²) >= 11 is 4.50. The lowest BCUT2D eigenvalue weighted by Gasteiger charge is -2.10. The lowest BCUT2D eigenvalue weighted by atomic mass is 10.1. The van der Waals surface area contributed by atoms with E-state index in [9.17, 15) is 0 Å². The molecule has 0 aliphatic rings. The average molecular weight is 286 g/mol. The maximum atomic E-state index is 5.37. The summed E-state index contributed by atoms with van der Waals surface area (Å²) in [6.45, 7) is 6.67. The molecule has 0 atom stereocenters. The largest absolute Gasteiger partial charge is 0.377 e. The molecule has 1 aromatic rings. The van der Waals surface area contributed by atoms with Crippen LogP contribution < -0.4 is 0 Å². The topological polar surface area (TPSA) is 18.5 Å². The van der Waals surface area contributed by atoms with Gasteiger partial charge in [0.05, 0.1) is 13.2 Å². The normalized spacial score (nSPS) is 8.83. The third-order valence-corrected chi connectivity index (χ3v) is 2.70. The summed E-state index contributed by atoms with van der Waals surface area (Å²) in [5.41, 5.74) is 2.25. The fourth-order valence-electron chi connectivity index (χ4n) is 1.30. The summed E-state index contributed by atoms with van der Waals surface area (Å²) in [5, 5.41) is 0. The molecule has 0 saturated heterocycles. The Balaban J connectivity index is -0.000000750. The Morgan fingerprint density at radius 3 is 1.61 bits per heavy atom. The van der Waals surface area contributed by atoms with Crippen LogP contribution in [0.4, 0.5) is 14.1 Å². The number of halogens is 3. The highest BCUT2D eigenvalue weighted by Gasteiger charge is 2.04. The van der Waals surface area contributed by atoms with Gasteiger partial charge in [-0.3, -0.25) is 14.1 Å². The van der Waals surface area contributed by atoms with Crippen LogP contribution in [0, 0.1) is 0 Å². The standard InChI is InChI=1S/C12H18O2S.3FH/c1-3-13-8-10-6-5-7-11(12(10)15)9-14-4-2;;;/h5-7,15H,3-4,8-9H2,1-2H3;3*1H. The lowest BCUT2D eigenvalue weighted by Crippen LogP contribution is -1.98. The fourth-order valence-corrected chi connectivity index (χ4v) is 1.58. The van der Waals surface area contributed by atoms with Gasteiger partial charge in [-0.1, -0.05) is 18.2 Å². The van der Waals surface area contributed by atoms with Gasteiger partial charge in [0.15, 0.2) is 0 Å². The Bertz CT molecular complexity index is 285. The van der Waals surface area contributed by atoms with Gasteiger partial charge in [0.2, 0.25) is 0 Å². The highest BCUT2D eigenvalue weighted by Crippen LogP contribution is 2.20. The van der Waals surface area contributed by atoms with Gasteiger partial charge in [0.25, 0.3) is 0 Å². The van der Waals surface area contributed by atoms with Crippen LogP contribution in [-0.2, 0) is 22.7 Å². The molecule has 0 bridgehead atoms. The molecule has 18 heavy (non-hydrogen) atoms. The van der Waals surface area contributed by atoms with Gasteiger partial charge >= 0.3 is 0 Å². The van der Waals surface area contributed by atoms with E-state index in [-0.39, 0.29) is 14.1 Å². The molecule has 0 aliphatic carbocycles. The van der Waals surface area contributed by atoms with Crippen LogP contribution in [0.15, 0.2) is 23.1 Å². The highest BCUT2D eigenvalue weighted by molar-refractivity contribution is 7.80. The van der Waals surface area contributed by atoms with Gasteiger partial charge < -0.3 is 9.47 Å². The first-order chi connectivity index (χ1) is 7.29. The van der Waals surface area contributed by atoms with Crippen LogP contribution in [0.25, 0.3) is 0 Å². The molecule has 0 saturated carbocycles. The van der Waals surface area contributed by atoms with Crippen molar-refractivity contribution >= 4 is 12.6 Å². The molecule has 108 valence electrons. The summed E-state index contributed by atoms with van der Waals surface area (Å²) in [6, 6.07) is 6.09. The summed E-state index contributed by atoms with van der Waals surface area (Å²) in [6.07, 6.45) is 0. The molecular weight excluding hydrogens is 265 g/mol. The SMILES string of the molecule is CCOCc1cccc(COCC)c1S.F.F.F. The second-order valence-electron chi connectivity index (χ2n) is 3.20. The highest BCUT2D eigenvalue weighted by atomic mass is 32.1. The maximum absolute atomic E-state index is 5.37. The zero-order valence-electron chi connectivity index (χ0n) is 10.5. The smallest absolute Gasteiger partial charge is 0.0727 e. The second-order valence-corrected chi connectivity index (χ2v) is 3.65. The van der Waals surface area contributed by atoms with E-state index in [4.69, 9.17) is 9.47 Å². The Kier molecular flexibility index (Phi) is 15.9. The first-order valence-electron chi connectivity index (χ1n) is 5.24. The van der Waals surface area contributed by atoms with Crippen molar-refractivity contribution in [3.05, 3.63) is 29.3 Å². The second kappa shape index (κ2) is 12.7. The third-order valence-electron chi connectivity index (χ3n) is 2.13. The molecule has 0 amide bonds. The van der Waals surface area contributed by atoms with Crippen molar-refractivity contribution < 1.29 is 23.6 Å². The van der Waals surface area contributed by atoms with Gasteiger partial charge in [-0.25, -0.2) is 0 Å². The average Bonchev–Trinajstić information content (AvgIpc) is 2.26. The monoisotopic (exact) mass is 286 g/mol. The minimum absolute atomic E-state index is 0. The molecule has 0 N–H and O–H groups in total. The zero-order chi connectivity index (χ0) is 11.1. The molecule has 1 rings (SSSR count). The van der Waals surface area contributed by atoms with Gasteiger partial charge in [-0.2, -0.15) is 0 Å². The first kappa shape index (κ1) is 22.5. The minimum atomic E-state index is 0. The molecule has 0 spiro atoms. The molecule has 6 heteroatoms. The Morgan fingerprint density at radius 2 is 1.28 bits per heavy atom. The molecule has 0 radical (unpaired) electrons. The van der Waals surface area contributed by atoms with E-state index in [1.807, 2.05) is 32.0 Å². The van der Waals surface area contributed by atoms with Crippen LogP contribution >= 0.6 is 12.6 Å². The van der Waals surface area contributed by atoms with Gasteiger partial charge in [0, 0.05) is 18.1 Å². The van der Waals surface area contributed by atoms with Crippen molar-refractivity contribution in [3.8, 4) is 0 Å². The van der Waals surface area contributed by atoms with Crippen LogP contribution in [0.2, 0.25) is 0 Å². The Morgan fingerprint density at radius 1 is 0.889 bits per heavy atom. The molecular formula is C12H21F3O2S. The number of rotatable bonds is 6. The van der Waals surface area contributed by atoms with Crippen LogP contribution in [-0.4, -0.2) is 13.2 Å². The van der Waals surface area contributed by atoms with Crippen molar-refractivity contribution in [2.24, 2.45) is 0 Å². The molecule has 0 heterocycles. The van der Waals surface area contributed by atoms with E-state index in [1.54, 1.807) is 0 Å². The maximum Gasteiger partial charge on any atom is 0.0727 e. The molecule has 0 aromatic heterocycles. The van der Waals surface area contributed by atoms with E-state index >= 15 is 0 Å². The first-order valence-corrected chi connectivity index (χ1v) is 5.69. The molecule has 1 aromatic carbocycles. The predicted molar refractivity (Wildman–Crippen MR) is 71.9 cm³/mol. The number of thiol groups is 1. The van der Waals surface area contributed by atoms with Gasteiger partial charge in [-0.15, -0.1) is 12.6 Å². The van der Waals surface area contributed by atoms with E-state index in [0.29, 0.717) is 13.2 Å². The van der Waals surface area contributed by atoms with Gasteiger partial charge in [-0.05, 0) is 25.0 Å². The Hall–Kier alpha value is -0.720. The quantitative estimate of drug-likeness (QED) is 0.807. The number of hydrogen-bond donors (Lipinski definition) is 1. The molecule has 0 fully saturated rings. The summed E-state index contributed by atoms with van der Waals surface area (Å²) in [4.78, 5) is 0.986. The van der Waals surface area contributed by atoms with Crippen molar-refractivity contribution in [2.45, 2.75) is 32.0 Å². The van der Waals surface area contributed by atoms with Crippen molar-refractivity contribution in [1.29, 1.82) is 0 Å². The third kappa shape index (κ3) is 6.88. The number of benzene rings is 1. The molecule has 0 unspecified atom stereocenters. The van der Waals surface area contributed by atoms with Crippen molar-refractivity contribution in [3.63, 3.8) is 0 Å². The predicted octanol–water partition coefficient (Wildman–Crippen LogP) is 3.51. The minimum Gasteiger partial charge on any atom is -0.377 e. The number of ether oxygens (including phenoxy) is 2. The van der Waals surface area contributed by atoms with E-state index in [2.05, 4.69) is 12.6 Å². The van der Waals surface area contributed by atoms with Crippen molar-refractivity contribution in [2.75, 3.05) is 13.2 Å². The van der Waals surface area contributed by atoms with E-state index in [1.165, 1.54) is 0 Å². The Labute approximate surface area is 111 Å². The zero-order valence-corrected chi connectivity index (χ0v) is 11.4. The van der Waals surface area contributed by atoms with E-state index in [0.717, 1.165) is 29.2 Å². The summed E-state index contributed by atoms with van der Waals surface area (Å²) in [7, 11) is 0. The molecule has 0 aliphatic heterocycles. The van der Waals surface area contributed by atoms with E-state index < -0.39 is 0 Å². The lowest BCUT2D eigenvalue weighted by molar-refractivity contribution is 0.127.